The van der Waals surface area contributed by atoms with E-state index < -0.39 is 10.0 Å². The standard InChI is InChI=1S/C19H20ClN3O3S/c20-15-5-1-2-6-17(15)27(24,25)22-14-11-13-8-10-26-19(13)16(12-14)23-9-4-3-7-18(23)21/h1-2,5-6,8,10-12,18,22H,3-4,7,9,21H2. The molecule has 1 saturated heterocycles. The van der Waals surface area contributed by atoms with Crippen LogP contribution in [0.4, 0.5) is 11.4 Å². The fourth-order valence-electron chi connectivity index (χ4n) is 3.46. The summed E-state index contributed by atoms with van der Waals surface area (Å²) in [5.41, 5.74) is 8.22. The third kappa shape index (κ3) is 3.50. The van der Waals surface area contributed by atoms with Crippen LogP contribution in [0, 0.1) is 0 Å². The zero-order chi connectivity index (χ0) is 19.0. The Hall–Kier alpha value is -2.22. The fourth-order valence-corrected chi connectivity index (χ4v) is 5.03. The number of halogens is 1. The molecule has 3 N–H and O–H groups in total. The molecule has 4 rings (SSSR count). The summed E-state index contributed by atoms with van der Waals surface area (Å²) >= 11 is 6.07. The van der Waals surface area contributed by atoms with Crippen LogP contribution in [0.1, 0.15) is 19.3 Å². The van der Waals surface area contributed by atoms with Crippen LogP contribution >= 0.6 is 11.6 Å². The molecule has 142 valence electrons. The van der Waals surface area contributed by atoms with E-state index >= 15 is 0 Å². The molecule has 0 bridgehead atoms. The van der Waals surface area contributed by atoms with Gasteiger partial charge in [-0.05, 0) is 49.6 Å². The molecule has 1 aliphatic heterocycles. The average Bonchev–Trinajstić information content (AvgIpc) is 3.10. The summed E-state index contributed by atoms with van der Waals surface area (Å²) in [7, 11) is -3.82. The first-order valence-electron chi connectivity index (χ1n) is 8.76. The summed E-state index contributed by atoms with van der Waals surface area (Å²) in [5, 5.41) is 0.981. The van der Waals surface area contributed by atoms with E-state index in [4.69, 9.17) is 21.8 Å². The van der Waals surface area contributed by atoms with Crippen LogP contribution in [0.15, 0.2) is 58.0 Å². The van der Waals surface area contributed by atoms with Gasteiger partial charge in [0.15, 0.2) is 5.58 Å². The van der Waals surface area contributed by atoms with Gasteiger partial charge >= 0.3 is 0 Å². The number of benzene rings is 2. The largest absolute Gasteiger partial charge is 0.462 e. The third-order valence-corrected chi connectivity index (χ3v) is 6.65. The van der Waals surface area contributed by atoms with E-state index in [1.54, 1.807) is 36.6 Å². The van der Waals surface area contributed by atoms with Gasteiger partial charge in [0, 0.05) is 11.9 Å². The number of anilines is 2. The highest BCUT2D eigenvalue weighted by Gasteiger charge is 2.24. The summed E-state index contributed by atoms with van der Waals surface area (Å²) in [5.74, 6) is 0. The SMILES string of the molecule is NC1CCCCN1c1cc(NS(=O)(=O)c2ccccc2Cl)cc2ccoc12. The molecule has 0 saturated carbocycles. The van der Waals surface area contributed by atoms with Crippen molar-refractivity contribution in [2.24, 2.45) is 5.73 Å². The van der Waals surface area contributed by atoms with Gasteiger partial charge in [-0.1, -0.05) is 23.7 Å². The Morgan fingerprint density at radius 2 is 2.00 bits per heavy atom. The fraction of sp³-hybridized carbons (Fsp3) is 0.263. The van der Waals surface area contributed by atoms with Gasteiger partial charge < -0.3 is 15.1 Å². The number of hydrogen-bond donors (Lipinski definition) is 2. The third-order valence-electron chi connectivity index (χ3n) is 4.77. The molecule has 1 fully saturated rings. The van der Waals surface area contributed by atoms with Crippen molar-refractivity contribution in [1.82, 2.24) is 0 Å². The van der Waals surface area contributed by atoms with E-state index in [-0.39, 0.29) is 16.1 Å². The molecule has 3 aromatic rings. The van der Waals surface area contributed by atoms with E-state index in [0.717, 1.165) is 36.9 Å². The highest BCUT2D eigenvalue weighted by Crippen LogP contribution is 2.35. The number of nitrogens with one attached hydrogen (secondary N) is 1. The molecule has 1 unspecified atom stereocenters. The van der Waals surface area contributed by atoms with Gasteiger partial charge in [-0.2, -0.15) is 0 Å². The lowest BCUT2D eigenvalue weighted by molar-refractivity contribution is 0.468. The minimum Gasteiger partial charge on any atom is -0.462 e. The Labute approximate surface area is 162 Å². The summed E-state index contributed by atoms with van der Waals surface area (Å²) < 4.78 is 33.9. The number of furan rings is 1. The quantitative estimate of drug-likeness (QED) is 0.680. The van der Waals surface area contributed by atoms with Crippen LogP contribution in [-0.2, 0) is 10.0 Å². The van der Waals surface area contributed by atoms with Crippen molar-refractivity contribution >= 4 is 44.0 Å². The Kier molecular flexibility index (Phi) is 4.75. The topological polar surface area (TPSA) is 88.6 Å². The van der Waals surface area contributed by atoms with Crippen molar-refractivity contribution in [3.63, 3.8) is 0 Å². The monoisotopic (exact) mass is 405 g/mol. The van der Waals surface area contributed by atoms with Gasteiger partial charge in [-0.25, -0.2) is 8.42 Å². The lowest BCUT2D eigenvalue weighted by Gasteiger charge is -2.35. The molecule has 1 aromatic heterocycles. The zero-order valence-corrected chi connectivity index (χ0v) is 16.1. The van der Waals surface area contributed by atoms with Crippen molar-refractivity contribution in [2.75, 3.05) is 16.2 Å². The van der Waals surface area contributed by atoms with Crippen LogP contribution in [0.2, 0.25) is 5.02 Å². The Balaban J connectivity index is 1.76. The van der Waals surface area contributed by atoms with Crippen molar-refractivity contribution in [3.05, 3.63) is 53.8 Å². The van der Waals surface area contributed by atoms with Crippen molar-refractivity contribution in [3.8, 4) is 0 Å². The Morgan fingerprint density at radius 3 is 2.78 bits per heavy atom. The molecular formula is C19H20ClN3O3S. The minimum absolute atomic E-state index is 0.0372. The first kappa shape index (κ1) is 18.2. The maximum atomic E-state index is 12.8. The highest BCUT2D eigenvalue weighted by atomic mass is 35.5. The molecule has 0 aliphatic carbocycles. The van der Waals surface area contributed by atoms with Crippen molar-refractivity contribution in [1.29, 1.82) is 0 Å². The molecular weight excluding hydrogens is 386 g/mol. The van der Waals surface area contributed by atoms with Crippen molar-refractivity contribution < 1.29 is 12.8 Å². The number of piperidine rings is 1. The molecule has 6 nitrogen and oxygen atoms in total. The van der Waals surface area contributed by atoms with Gasteiger partial charge in [0.2, 0.25) is 0 Å². The molecule has 2 aromatic carbocycles. The van der Waals surface area contributed by atoms with Gasteiger partial charge in [0.1, 0.15) is 4.90 Å². The average molecular weight is 406 g/mol. The zero-order valence-electron chi connectivity index (χ0n) is 14.6. The molecule has 0 radical (unpaired) electrons. The summed E-state index contributed by atoms with van der Waals surface area (Å²) in [6, 6.07) is 11.7. The predicted octanol–water partition coefficient (Wildman–Crippen LogP) is 4.16. The number of nitrogens with two attached hydrogens (primary N) is 1. The molecule has 27 heavy (non-hydrogen) atoms. The van der Waals surface area contributed by atoms with Gasteiger partial charge in [0.25, 0.3) is 10.0 Å². The van der Waals surface area contributed by atoms with Gasteiger partial charge in [-0.3, -0.25) is 4.72 Å². The number of rotatable bonds is 4. The van der Waals surface area contributed by atoms with Gasteiger partial charge in [0.05, 0.1) is 28.8 Å². The van der Waals surface area contributed by atoms with Crippen LogP contribution in [0.5, 0.6) is 0 Å². The molecule has 0 amide bonds. The van der Waals surface area contributed by atoms with E-state index in [1.165, 1.54) is 6.07 Å². The van der Waals surface area contributed by atoms with Crippen LogP contribution in [-0.4, -0.2) is 21.1 Å². The Morgan fingerprint density at radius 1 is 1.19 bits per heavy atom. The maximum absolute atomic E-state index is 12.8. The molecule has 8 heteroatoms. The summed E-state index contributed by atoms with van der Waals surface area (Å²) in [4.78, 5) is 2.11. The smallest absolute Gasteiger partial charge is 0.263 e. The van der Waals surface area contributed by atoms with E-state index in [2.05, 4.69) is 9.62 Å². The van der Waals surface area contributed by atoms with Crippen LogP contribution in [0.3, 0.4) is 0 Å². The molecule has 1 atom stereocenters. The number of hydrogen-bond acceptors (Lipinski definition) is 5. The van der Waals surface area contributed by atoms with Gasteiger partial charge in [-0.15, -0.1) is 0 Å². The Bertz CT molecular complexity index is 1080. The lowest BCUT2D eigenvalue weighted by atomic mass is 10.1. The van der Waals surface area contributed by atoms with E-state index in [1.807, 2.05) is 6.07 Å². The first-order valence-corrected chi connectivity index (χ1v) is 10.6. The highest BCUT2D eigenvalue weighted by molar-refractivity contribution is 7.92. The second kappa shape index (κ2) is 7.07. The van der Waals surface area contributed by atoms with E-state index in [9.17, 15) is 8.42 Å². The van der Waals surface area contributed by atoms with E-state index in [0.29, 0.717) is 11.3 Å². The number of sulfonamides is 1. The molecule has 0 spiro atoms. The second-order valence-electron chi connectivity index (χ2n) is 6.63. The summed E-state index contributed by atoms with van der Waals surface area (Å²) in [6.45, 7) is 0.803. The van der Waals surface area contributed by atoms with Crippen LogP contribution in [0.25, 0.3) is 11.0 Å². The van der Waals surface area contributed by atoms with Crippen molar-refractivity contribution in [2.45, 2.75) is 30.3 Å². The molecule has 2 heterocycles. The number of fused-ring (bicyclic) bond motifs is 1. The number of nitrogens with zero attached hydrogens (tertiary/aromatic N) is 1. The normalized spacial score (nSPS) is 18.0. The second-order valence-corrected chi connectivity index (χ2v) is 8.68. The first-order chi connectivity index (χ1) is 13.0. The lowest BCUT2D eigenvalue weighted by Crippen LogP contribution is -2.45. The van der Waals surface area contributed by atoms with Crippen LogP contribution < -0.4 is 15.4 Å². The minimum atomic E-state index is -3.82. The summed E-state index contributed by atoms with van der Waals surface area (Å²) in [6.07, 6.45) is 4.47. The maximum Gasteiger partial charge on any atom is 0.263 e. The molecule has 1 aliphatic rings. The predicted molar refractivity (Wildman–Crippen MR) is 108 cm³/mol.